The second-order valence-electron chi connectivity index (χ2n) is 0.136. The first kappa shape index (κ1) is 37.3. The Morgan fingerprint density at radius 3 is 1.33 bits per heavy atom. The van der Waals surface area contributed by atoms with Crippen LogP contribution in [0.1, 0.15) is 0 Å². The molecule has 0 aliphatic heterocycles. The molecule has 42 valence electrons. The average Bonchev–Trinajstić information content (AvgIpc) is 0.918. The van der Waals surface area contributed by atoms with Gasteiger partial charge in [-0.1, -0.05) is 0 Å². The van der Waals surface area contributed by atoms with Crippen LogP contribution >= 0.6 is 24.8 Å². The van der Waals surface area contributed by atoms with Gasteiger partial charge in [0, 0.05) is 0 Å². The van der Waals surface area contributed by atoms with Gasteiger partial charge in [0.15, 0.2) is 0 Å². The molecule has 0 fully saturated rings. The normalized spacial score (nSPS) is 2.00. The number of primary amides is 1. The molecule has 3 nitrogen and oxygen atoms in total. The summed E-state index contributed by atoms with van der Waals surface area (Å²) in [5, 5.41) is 0. The number of carbonyl (C=O) groups is 1. The Labute approximate surface area is 48.7 Å². The minimum Gasteiger partial charge on any atom is -0.372 e. The number of hydrogen-bond acceptors (Lipinski definition) is 2. The zero-order valence-electron chi connectivity index (χ0n) is 3.09. The topological polar surface area (TPSA) is 78.1 Å². The Balaban J connectivity index is -0.00000000667. The molecular weight excluding hydrogens is 127 g/mol. The maximum atomic E-state index is 8.58. The first-order chi connectivity index (χ1) is 1.41. The molecule has 0 bridgehead atoms. The number of halogens is 2. The number of carbonyl (C=O) groups excluding carboxylic acids is 1. The van der Waals surface area contributed by atoms with Crippen LogP contribution in [0.4, 0.5) is 0 Å². The van der Waals surface area contributed by atoms with Crippen LogP contribution in [-0.4, -0.2) is 6.41 Å². The minimum absolute atomic E-state index is 0. The van der Waals surface area contributed by atoms with E-state index in [1.54, 1.807) is 0 Å². The van der Waals surface area contributed by atoms with Gasteiger partial charge in [-0.2, -0.15) is 0 Å². The van der Waals surface area contributed by atoms with Gasteiger partial charge in [-0.25, -0.2) is 0 Å². The molecule has 5 heteroatoms. The van der Waals surface area contributed by atoms with Crippen LogP contribution in [0.2, 0.25) is 0 Å². The fourth-order valence-corrected chi connectivity index (χ4v) is 0. The van der Waals surface area contributed by atoms with E-state index in [0.717, 1.165) is 0 Å². The van der Waals surface area contributed by atoms with Crippen LogP contribution in [-0.2, 0) is 4.79 Å². The van der Waals surface area contributed by atoms with Gasteiger partial charge >= 0.3 is 0 Å². The molecule has 0 saturated carbocycles. The van der Waals surface area contributed by atoms with Gasteiger partial charge in [0.25, 0.3) is 0 Å². The quantitative estimate of drug-likeness (QED) is 0.462. The Bertz CT molecular complexity index is 19.0. The summed E-state index contributed by atoms with van der Waals surface area (Å²) in [6.07, 6.45) is 0.250. The van der Waals surface area contributed by atoms with Crippen LogP contribution in [0.5, 0.6) is 0 Å². The molecule has 5 N–H and O–H groups in total. The SMILES string of the molecule is Cl.Cl.N.NC=O. The van der Waals surface area contributed by atoms with Crippen molar-refractivity contribution >= 4 is 31.2 Å². The third kappa shape index (κ3) is 363000. The molecule has 0 spiro atoms. The Hall–Kier alpha value is 0.01000. The van der Waals surface area contributed by atoms with Gasteiger partial charge in [0.1, 0.15) is 0 Å². The molecule has 0 saturated heterocycles. The molecule has 0 unspecified atom stereocenters. The summed E-state index contributed by atoms with van der Waals surface area (Å²) < 4.78 is 0. The van der Waals surface area contributed by atoms with Crippen molar-refractivity contribution in [3.05, 3.63) is 0 Å². The van der Waals surface area contributed by atoms with E-state index < -0.39 is 0 Å². The fraction of sp³-hybridized carbons (Fsp3) is 0. The molecule has 0 radical (unpaired) electrons. The van der Waals surface area contributed by atoms with Gasteiger partial charge in [0.2, 0.25) is 6.41 Å². The van der Waals surface area contributed by atoms with E-state index in [2.05, 4.69) is 5.73 Å². The highest BCUT2D eigenvalue weighted by Crippen LogP contribution is 0.799. The molecule has 6 heavy (non-hydrogen) atoms. The van der Waals surface area contributed by atoms with E-state index in [1.165, 1.54) is 0 Å². The number of rotatable bonds is 0. The van der Waals surface area contributed by atoms with Crippen LogP contribution in [0.15, 0.2) is 0 Å². The molecule has 0 aromatic carbocycles. The van der Waals surface area contributed by atoms with Crippen LogP contribution in [0.25, 0.3) is 0 Å². The van der Waals surface area contributed by atoms with Crippen LogP contribution in [0.3, 0.4) is 0 Å². The first-order valence-electron chi connectivity index (χ1n) is 0.569. The zero-order valence-corrected chi connectivity index (χ0v) is 4.72. The molecule has 1 amide bonds. The lowest BCUT2D eigenvalue weighted by Crippen LogP contribution is -1.82. The maximum Gasteiger partial charge on any atom is 0.204 e. The van der Waals surface area contributed by atoms with E-state index in [-0.39, 0.29) is 37.4 Å². The minimum atomic E-state index is 0. The lowest BCUT2D eigenvalue weighted by Gasteiger charge is -1.32. The molecule has 0 aromatic heterocycles. The van der Waals surface area contributed by atoms with Gasteiger partial charge in [-0.15, -0.1) is 24.8 Å². The maximum absolute atomic E-state index is 8.58. The van der Waals surface area contributed by atoms with Gasteiger partial charge in [-0.3, -0.25) is 4.79 Å². The molecular formula is CH8Cl2N2O. The third-order valence-electron chi connectivity index (χ3n) is 0. The van der Waals surface area contributed by atoms with Gasteiger partial charge in [-0.05, 0) is 0 Å². The highest BCUT2D eigenvalue weighted by Gasteiger charge is 1.19. The molecule has 0 atom stereocenters. The second-order valence-corrected chi connectivity index (χ2v) is 0.136. The molecule has 0 aliphatic rings. The van der Waals surface area contributed by atoms with E-state index in [1.807, 2.05) is 0 Å². The lowest BCUT2D eigenvalue weighted by molar-refractivity contribution is -0.106. The summed E-state index contributed by atoms with van der Waals surface area (Å²) in [6.45, 7) is 0. The van der Waals surface area contributed by atoms with Crippen molar-refractivity contribution in [2.24, 2.45) is 5.73 Å². The van der Waals surface area contributed by atoms with Gasteiger partial charge in [0.05, 0.1) is 0 Å². The van der Waals surface area contributed by atoms with Crippen LogP contribution in [0, 0.1) is 0 Å². The van der Waals surface area contributed by atoms with Crippen molar-refractivity contribution in [2.45, 2.75) is 0 Å². The lowest BCUT2D eigenvalue weighted by atomic mass is 11.5. The van der Waals surface area contributed by atoms with E-state index in [9.17, 15) is 0 Å². The predicted octanol–water partition coefficient (Wildman–Crippen LogP) is 0.107. The highest BCUT2D eigenvalue weighted by atomic mass is 35.5. The summed E-state index contributed by atoms with van der Waals surface area (Å²) in [5.74, 6) is 0. The number of hydrogen-bond donors (Lipinski definition) is 2. The van der Waals surface area contributed by atoms with E-state index >= 15 is 0 Å². The van der Waals surface area contributed by atoms with Crippen molar-refractivity contribution in [2.75, 3.05) is 0 Å². The Kier molecular flexibility index (Phi) is 491. The van der Waals surface area contributed by atoms with Crippen molar-refractivity contribution in [1.29, 1.82) is 0 Å². The summed E-state index contributed by atoms with van der Waals surface area (Å²) in [7, 11) is 0. The molecule has 0 heterocycles. The number of nitrogens with two attached hydrogens (primary N) is 1. The van der Waals surface area contributed by atoms with Crippen LogP contribution < -0.4 is 11.9 Å². The average molecular weight is 135 g/mol. The summed E-state index contributed by atoms with van der Waals surface area (Å²) in [5.41, 5.74) is 4.17. The fourth-order valence-electron chi connectivity index (χ4n) is 0. The summed E-state index contributed by atoms with van der Waals surface area (Å²) in [4.78, 5) is 8.58. The smallest absolute Gasteiger partial charge is 0.204 e. The summed E-state index contributed by atoms with van der Waals surface area (Å²) in [6, 6.07) is 0. The first-order valence-corrected chi connectivity index (χ1v) is 0.569. The monoisotopic (exact) mass is 134 g/mol. The van der Waals surface area contributed by atoms with Crippen molar-refractivity contribution < 1.29 is 4.79 Å². The van der Waals surface area contributed by atoms with Crippen molar-refractivity contribution in [1.82, 2.24) is 6.15 Å². The Morgan fingerprint density at radius 2 is 1.33 bits per heavy atom. The van der Waals surface area contributed by atoms with Crippen molar-refractivity contribution in [3.8, 4) is 0 Å². The Morgan fingerprint density at radius 1 is 1.33 bits per heavy atom. The standard InChI is InChI=1S/CH3NO.2ClH.H3N/c2-1-3;;;/h1H,(H2,2,3);2*1H;1H3. The zero-order chi connectivity index (χ0) is 2.71. The van der Waals surface area contributed by atoms with E-state index in [4.69, 9.17) is 4.79 Å². The second kappa shape index (κ2) is 79.0. The van der Waals surface area contributed by atoms with E-state index in [0.29, 0.717) is 0 Å². The molecule has 0 aliphatic carbocycles. The largest absolute Gasteiger partial charge is 0.372 e. The van der Waals surface area contributed by atoms with Gasteiger partial charge < -0.3 is 11.9 Å². The highest BCUT2D eigenvalue weighted by molar-refractivity contribution is 5.85. The predicted molar refractivity (Wildman–Crippen MR) is 29.8 cm³/mol. The summed E-state index contributed by atoms with van der Waals surface area (Å²) >= 11 is 0. The third-order valence-corrected chi connectivity index (χ3v) is 0. The van der Waals surface area contributed by atoms with Crippen molar-refractivity contribution in [3.63, 3.8) is 0 Å². The molecule has 0 aromatic rings. The number of amides is 1. The molecule has 0 rings (SSSR count).